The number of hydrogen-bond acceptors (Lipinski definition) is 3. The highest BCUT2D eigenvalue weighted by Gasteiger charge is 2.18. The molecule has 3 heterocycles. The van der Waals surface area contributed by atoms with Gasteiger partial charge in [0.05, 0.1) is 13.2 Å². The second-order valence-corrected chi connectivity index (χ2v) is 7.21. The average Bonchev–Trinajstić information content (AvgIpc) is 3.24. The minimum Gasteiger partial charge on any atom is -0.378 e. The molecule has 0 radical (unpaired) electrons. The summed E-state index contributed by atoms with van der Waals surface area (Å²) in [6, 6.07) is 20.2. The van der Waals surface area contributed by atoms with Gasteiger partial charge in [0.15, 0.2) is 0 Å². The number of aromatic nitrogens is 2. The van der Waals surface area contributed by atoms with E-state index in [2.05, 4.69) is 34.2 Å². The zero-order valence-electron chi connectivity index (χ0n) is 16.0. The van der Waals surface area contributed by atoms with Crippen molar-refractivity contribution in [3.63, 3.8) is 0 Å². The Morgan fingerprint density at radius 1 is 0.897 bits per heavy atom. The molecule has 0 aliphatic carbocycles. The minimum atomic E-state index is 0.0600. The standard InChI is InChI=1S/C24H21N3O2/c28-24(27-9-11-29-12-10-27)18-7-5-17(6-8-18)20-13-21(16-25-15-20)23-14-19-3-1-2-4-22(19)26-23/h1-8,13-16,26H,9-12H2. The monoisotopic (exact) mass is 383 g/mol. The highest BCUT2D eigenvalue weighted by Crippen LogP contribution is 2.27. The van der Waals surface area contributed by atoms with Crippen LogP contribution >= 0.6 is 0 Å². The fourth-order valence-corrected chi connectivity index (χ4v) is 3.73. The molecule has 29 heavy (non-hydrogen) atoms. The van der Waals surface area contributed by atoms with Crippen molar-refractivity contribution in [2.45, 2.75) is 0 Å². The topological polar surface area (TPSA) is 58.2 Å². The summed E-state index contributed by atoms with van der Waals surface area (Å²) < 4.78 is 5.33. The van der Waals surface area contributed by atoms with Crippen LogP contribution in [0.15, 0.2) is 73.1 Å². The summed E-state index contributed by atoms with van der Waals surface area (Å²) in [7, 11) is 0. The lowest BCUT2D eigenvalue weighted by Gasteiger charge is -2.26. The van der Waals surface area contributed by atoms with Gasteiger partial charge < -0.3 is 14.6 Å². The summed E-state index contributed by atoms with van der Waals surface area (Å²) in [6.45, 7) is 2.51. The van der Waals surface area contributed by atoms with Gasteiger partial charge in [0.25, 0.3) is 5.91 Å². The lowest BCUT2D eigenvalue weighted by molar-refractivity contribution is 0.0303. The molecule has 5 heteroatoms. The molecular weight excluding hydrogens is 362 g/mol. The maximum absolute atomic E-state index is 12.6. The smallest absolute Gasteiger partial charge is 0.254 e. The molecule has 0 atom stereocenters. The number of nitrogens with zero attached hydrogens (tertiary/aromatic N) is 2. The maximum Gasteiger partial charge on any atom is 0.254 e. The van der Waals surface area contributed by atoms with Gasteiger partial charge in [-0.1, -0.05) is 30.3 Å². The zero-order chi connectivity index (χ0) is 19.6. The number of para-hydroxylation sites is 1. The highest BCUT2D eigenvalue weighted by atomic mass is 16.5. The van der Waals surface area contributed by atoms with Crippen LogP contribution in [-0.2, 0) is 4.74 Å². The van der Waals surface area contributed by atoms with E-state index in [1.165, 1.54) is 5.39 Å². The first kappa shape index (κ1) is 17.6. The van der Waals surface area contributed by atoms with Crippen LogP contribution in [0.2, 0.25) is 0 Å². The van der Waals surface area contributed by atoms with E-state index in [0.29, 0.717) is 31.9 Å². The predicted molar refractivity (Wildman–Crippen MR) is 114 cm³/mol. The summed E-state index contributed by atoms with van der Waals surface area (Å²) in [6.07, 6.45) is 3.72. The van der Waals surface area contributed by atoms with E-state index in [0.717, 1.165) is 27.9 Å². The molecule has 1 aliphatic heterocycles. The largest absolute Gasteiger partial charge is 0.378 e. The lowest BCUT2D eigenvalue weighted by Crippen LogP contribution is -2.40. The van der Waals surface area contributed by atoms with E-state index < -0.39 is 0 Å². The van der Waals surface area contributed by atoms with E-state index in [1.54, 1.807) is 0 Å². The van der Waals surface area contributed by atoms with Crippen LogP contribution in [0.1, 0.15) is 10.4 Å². The molecule has 0 bridgehead atoms. The molecule has 4 aromatic rings. The Kier molecular flexibility index (Phi) is 4.58. The van der Waals surface area contributed by atoms with Gasteiger partial charge in [-0.2, -0.15) is 0 Å². The Hall–Kier alpha value is -3.44. The van der Waals surface area contributed by atoms with Gasteiger partial charge in [-0.25, -0.2) is 0 Å². The zero-order valence-corrected chi connectivity index (χ0v) is 16.0. The normalized spacial score (nSPS) is 14.3. The molecule has 1 saturated heterocycles. The van der Waals surface area contributed by atoms with E-state index in [4.69, 9.17) is 4.74 Å². The molecule has 1 N–H and O–H groups in total. The Bertz CT molecular complexity index is 1130. The van der Waals surface area contributed by atoms with Gasteiger partial charge in [0, 0.05) is 58.8 Å². The molecule has 2 aromatic heterocycles. The van der Waals surface area contributed by atoms with Crippen molar-refractivity contribution < 1.29 is 9.53 Å². The molecule has 5 nitrogen and oxygen atoms in total. The number of morpholine rings is 1. The molecule has 1 aliphatic rings. The third kappa shape index (κ3) is 3.52. The quantitative estimate of drug-likeness (QED) is 0.572. The molecule has 144 valence electrons. The van der Waals surface area contributed by atoms with Gasteiger partial charge in [-0.3, -0.25) is 9.78 Å². The van der Waals surface area contributed by atoms with Crippen LogP contribution in [0, 0.1) is 0 Å². The lowest BCUT2D eigenvalue weighted by atomic mass is 10.0. The van der Waals surface area contributed by atoms with Crippen LogP contribution < -0.4 is 0 Å². The number of fused-ring (bicyclic) bond motifs is 1. The van der Waals surface area contributed by atoms with Crippen LogP contribution in [0.3, 0.4) is 0 Å². The second kappa shape index (κ2) is 7.53. The van der Waals surface area contributed by atoms with Crippen LogP contribution in [-0.4, -0.2) is 47.1 Å². The van der Waals surface area contributed by atoms with Gasteiger partial charge in [-0.15, -0.1) is 0 Å². The van der Waals surface area contributed by atoms with Crippen molar-refractivity contribution in [2.24, 2.45) is 0 Å². The first-order chi connectivity index (χ1) is 14.3. The highest BCUT2D eigenvalue weighted by molar-refractivity contribution is 5.95. The van der Waals surface area contributed by atoms with E-state index >= 15 is 0 Å². The van der Waals surface area contributed by atoms with Gasteiger partial charge in [0.1, 0.15) is 0 Å². The van der Waals surface area contributed by atoms with E-state index in [9.17, 15) is 4.79 Å². The van der Waals surface area contributed by atoms with Crippen molar-refractivity contribution in [1.82, 2.24) is 14.9 Å². The predicted octanol–water partition coefficient (Wildman–Crippen LogP) is 4.37. The SMILES string of the molecule is O=C(c1ccc(-c2cncc(-c3cc4ccccc4[nH]3)c2)cc1)N1CCOCC1. The number of aromatic amines is 1. The summed E-state index contributed by atoms with van der Waals surface area (Å²) in [5, 5.41) is 1.18. The number of carbonyl (C=O) groups excluding carboxylic acids is 1. The number of benzene rings is 2. The average molecular weight is 383 g/mol. The first-order valence-electron chi connectivity index (χ1n) is 9.78. The number of carbonyl (C=O) groups is 1. The number of rotatable bonds is 3. The number of nitrogens with one attached hydrogen (secondary N) is 1. The fourth-order valence-electron chi connectivity index (χ4n) is 3.73. The van der Waals surface area contributed by atoms with E-state index in [-0.39, 0.29) is 5.91 Å². The van der Waals surface area contributed by atoms with Crippen molar-refractivity contribution in [1.29, 1.82) is 0 Å². The minimum absolute atomic E-state index is 0.0600. The molecule has 0 spiro atoms. The van der Waals surface area contributed by atoms with Crippen LogP contribution in [0.4, 0.5) is 0 Å². The molecule has 5 rings (SSSR count). The molecule has 0 saturated carbocycles. The Labute approximate surface area is 169 Å². The summed E-state index contributed by atoms with van der Waals surface area (Å²) in [4.78, 5) is 22.3. The number of ether oxygens (including phenoxy) is 1. The molecule has 0 unspecified atom stereocenters. The van der Waals surface area contributed by atoms with Crippen molar-refractivity contribution in [3.8, 4) is 22.4 Å². The third-order valence-corrected chi connectivity index (χ3v) is 5.34. The third-order valence-electron chi connectivity index (χ3n) is 5.34. The summed E-state index contributed by atoms with van der Waals surface area (Å²) in [5.74, 6) is 0.0600. The molecular formula is C24H21N3O2. The Balaban J connectivity index is 1.41. The number of hydrogen-bond donors (Lipinski definition) is 1. The maximum atomic E-state index is 12.6. The van der Waals surface area contributed by atoms with Gasteiger partial charge >= 0.3 is 0 Å². The molecule has 1 fully saturated rings. The second-order valence-electron chi connectivity index (χ2n) is 7.21. The van der Waals surface area contributed by atoms with E-state index in [1.807, 2.05) is 53.7 Å². The fraction of sp³-hybridized carbons (Fsp3) is 0.167. The van der Waals surface area contributed by atoms with Crippen molar-refractivity contribution in [2.75, 3.05) is 26.3 Å². The van der Waals surface area contributed by atoms with Crippen LogP contribution in [0.5, 0.6) is 0 Å². The Morgan fingerprint density at radius 3 is 2.45 bits per heavy atom. The van der Waals surface area contributed by atoms with Gasteiger partial charge in [0.2, 0.25) is 0 Å². The number of pyridine rings is 1. The number of amides is 1. The Morgan fingerprint density at radius 2 is 1.66 bits per heavy atom. The van der Waals surface area contributed by atoms with Crippen molar-refractivity contribution >= 4 is 16.8 Å². The van der Waals surface area contributed by atoms with Gasteiger partial charge in [-0.05, 0) is 35.9 Å². The van der Waals surface area contributed by atoms with Crippen molar-refractivity contribution in [3.05, 3.63) is 78.6 Å². The van der Waals surface area contributed by atoms with Crippen LogP contribution in [0.25, 0.3) is 33.3 Å². The molecule has 1 amide bonds. The summed E-state index contributed by atoms with van der Waals surface area (Å²) >= 11 is 0. The number of H-pyrrole nitrogens is 1. The summed E-state index contributed by atoms with van der Waals surface area (Å²) in [5.41, 5.74) is 5.95. The molecule has 2 aromatic carbocycles. The first-order valence-corrected chi connectivity index (χ1v) is 9.78.